The molecule has 3 aliphatic rings. The monoisotopic (exact) mass is 314 g/mol. The van der Waals surface area contributed by atoms with E-state index in [9.17, 15) is 4.79 Å². The SMILES string of the molecule is Cc1cc(NC2CCCC2)c2c(c1)C(=O)CC1(CCNCC1)O2. The number of benzene rings is 1. The van der Waals surface area contributed by atoms with E-state index in [0.29, 0.717) is 12.5 Å². The van der Waals surface area contributed by atoms with Gasteiger partial charge in [-0.15, -0.1) is 0 Å². The van der Waals surface area contributed by atoms with E-state index in [4.69, 9.17) is 4.74 Å². The Morgan fingerprint density at radius 1 is 1.22 bits per heavy atom. The van der Waals surface area contributed by atoms with Crippen molar-refractivity contribution in [2.24, 2.45) is 0 Å². The lowest BCUT2D eigenvalue weighted by Crippen LogP contribution is -2.49. The molecule has 2 fully saturated rings. The number of carbonyl (C=O) groups excluding carboxylic acids is 1. The highest BCUT2D eigenvalue weighted by molar-refractivity contribution is 6.02. The standard InChI is InChI=1S/C19H26N2O2/c1-13-10-15-17(22)12-19(6-8-20-9-7-19)23-18(15)16(11-13)21-14-4-2-3-5-14/h10-11,14,20-21H,2-9,12H2,1H3. The molecule has 1 saturated carbocycles. The van der Waals surface area contributed by atoms with Crippen LogP contribution in [-0.2, 0) is 0 Å². The molecule has 1 saturated heterocycles. The van der Waals surface area contributed by atoms with Gasteiger partial charge in [-0.2, -0.15) is 0 Å². The maximum Gasteiger partial charge on any atom is 0.170 e. The minimum Gasteiger partial charge on any atom is -0.484 e. The number of hydrogen-bond donors (Lipinski definition) is 2. The van der Waals surface area contributed by atoms with Crippen LogP contribution in [0.4, 0.5) is 5.69 Å². The number of rotatable bonds is 2. The van der Waals surface area contributed by atoms with Crippen molar-refractivity contribution in [1.29, 1.82) is 0 Å². The first-order valence-corrected chi connectivity index (χ1v) is 8.99. The van der Waals surface area contributed by atoms with Crippen LogP contribution < -0.4 is 15.4 Å². The molecule has 4 rings (SSSR count). The van der Waals surface area contributed by atoms with Crippen LogP contribution in [0.2, 0.25) is 0 Å². The van der Waals surface area contributed by atoms with E-state index >= 15 is 0 Å². The summed E-state index contributed by atoms with van der Waals surface area (Å²) in [6.45, 7) is 3.92. The van der Waals surface area contributed by atoms with Gasteiger partial charge in [0.05, 0.1) is 17.7 Å². The van der Waals surface area contributed by atoms with Crippen LogP contribution in [0.1, 0.15) is 60.9 Å². The molecule has 2 aliphatic heterocycles. The van der Waals surface area contributed by atoms with Crippen LogP contribution >= 0.6 is 0 Å². The first-order valence-electron chi connectivity index (χ1n) is 8.99. The first-order chi connectivity index (χ1) is 11.2. The number of hydrogen-bond acceptors (Lipinski definition) is 4. The van der Waals surface area contributed by atoms with E-state index in [1.54, 1.807) is 0 Å². The van der Waals surface area contributed by atoms with Gasteiger partial charge in [0.15, 0.2) is 11.5 Å². The lowest BCUT2D eigenvalue weighted by Gasteiger charge is -2.41. The summed E-state index contributed by atoms with van der Waals surface area (Å²) in [5, 5.41) is 7.03. The van der Waals surface area contributed by atoms with E-state index in [-0.39, 0.29) is 11.4 Å². The Balaban J connectivity index is 1.69. The summed E-state index contributed by atoms with van der Waals surface area (Å²) in [4.78, 5) is 12.8. The van der Waals surface area contributed by atoms with Crippen LogP contribution in [-0.4, -0.2) is 30.5 Å². The summed E-state index contributed by atoms with van der Waals surface area (Å²) in [5.41, 5.74) is 2.63. The first kappa shape index (κ1) is 15.0. The number of Topliss-reactive ketones (excluding diaryl/α,β-unsaturated/α-hetero) is 1. The average Bonchev–Trinajstić information content (AvgIpc) is 3.02. The van der Waals surface area contributed by atoms with Crippen LogP contribution in [0, 0.1) is 6.92 Å². The predicted molar refractivity (Wildman–Crippen MR) is 91.5 cm³/mol. The molecule has 0 bridgehead atoms. The zero-order valence-electron chi connectivity index (χ0n) is 13.9. The smallest absolute Gasteiger partial charge is 0.170 e. The number of fused-ring (bicyclic) bond motifs is 1. The molecule has 0 atom stereocenters. The van der Waals surface area contributed by atoms with E-state index in [1.165, 1.54) is 25.7 Å². The fourth-order valence-corrected chi connectivity index (χ4v) is 4.29. The quantitative estimate of drug-likeness (QED) is 0.878. The largest absolute Gasteiger partial charge is 0.484 e. The molecule has 0 unspecified atom stereocenters. The molecule has 2 N–H and O–H groups in total. The number of nitrogens with one attached hydrogen (secondary N) is 2. The Labute approximate surface area is 138 Å². The molecular weight excluding hydrogens is 288 g/mol. The Morgan fingerprint density at radius 2 is 1.96 bits per heavy atom. The summed E-state index contributed by atoms with van der Waals surface area (Å²) in [7, 11) is 0. The van der Waals surface area contributed by atoms with Gasteiger partial charge in [0, 0.05) is 18.9 Å². The molecule has 2 heterocycles. The Hall–Kier alpha value is -1.55. The van der Waals surface area contributed by atoms with E-state index in [2.05, 4.69) is 23.6 Å². The van der Waals surface area contributed by atoms with Gasteiger partial charge >= 0.3 is 0 Å². The normalized spacial score (nSPS) is 23.6. The third-order valence-corrected chi connectivity index (χ3v) is 5.56. The molecule has 124 valence electrons. The van der Waals surface area contributed by atoms with Crippen molar-refractivity contribution in [3.05, 3.63) is 23.3 Å². The fraction of sp³-hybridized carbons (Fsp3) is 0.632. The summed E-state index contributed by atoms with van der Waals surface area (Å²) in [6.07, 6.45) is 7.36. The Morgan fingerprint density at radius 3 is 2.70 bits per heavy atom. The van der Waals surface area contributed by atoms with Gasteiger partial charge in [0.1, 0.15) is 5.60 Å². The second-order valence-electron chi connectivity index (χ2n) is 7.45. The van der Waals surface area contributed by atoms with Crippen LogP contribution in [0.25, 0.3) is 0 Å². The summed E-state index contributed by atoms with van der Waals surface area (Å²) < 4.78 is 6.50. The number of ether oxygens (including phenoxy) is 1. The number of anilines is 1. The Bertz CT molecular complexity index is 614. The molecule has 1 aromatic rings. The molecule has 1 spiro atoms. The minimum atomic E-state index is -0.295. The van der Waals surface area contributed by atoms with E-state index in [0.717, 1.165) is 48.5 Å². The number of carbonyl (C=O) groups is 1. The molecule has 0 aromatic heterocycles. The number of aryl methyl sites for hydroxylation is 1. The zero-order chi connectivity index (χ0) is 15.9. The number of piperidine rings is 1. The molecule has 4 nitrogen and oxygen atoms in total. The lowest BCUT2D eigenvalue weighted by molar-refractivity contribution is 0.0192. The Kier molecular flexibility index (Phi) is 3.80. The average molecular weight is 314 g/mol. The van der Waals surface area contributed by atoms with Crippen LogP contribution in [0.3, 0.4) is 0 Å². The highest BCUT2D eigenvalue weighted by Crippen LogP contribution is 2.43. The maximum absolute atomic E-state index is 12.8. The summed E-state index contributed by atoms with van der Waals surface area (Å²) in [6, 6.07) is 4.65. The molecule has 0 amide bonds. The molecule has 23 heavy (non-hydrogen) atoms. The fourth-order valence-electron chi connectivity index (χ4n) is 4.29. The molecule has 0 radical (unpaired) electrons. The van der Waals surface area contributed by atoms with Crippen molar-refractivity contribution in [1.82, 2.24) is 5.32 Å². The van der Waals surface area contributed by atoms with Gasteiger partial charge in [0.2, 0.25) is 0 Å². The van der Waals surface area contributed by atoms with E-state index in [1.807, 2.05) is 6.07 Å². The predicted octanol–water partition coefficient (Wildman–Crippen LogP) is 3.44. The van der Waals surface area contributed by atoms with Crippen molar-refractivity contribution in [3.8, 4) is 5.75 Å². The highest BCUT2D eigenvalue weighted by atomic mass is 16.5. The third-order valence-electron chi connectivity index (χ3n) is 5.56. The van der Waals surface area contributed by atoms with Crippen molar-refractivity contribution in [2.45, 2.75) is 63.5 Å². The van der Waals surface area contributed by atoms with Crippen molar-refractivity contribution in [2.75, 3.05) is 18.4 Å². The molecule has 1 aliphatic carbocycles. The van der Waals surface area contributed by atoms with Crippen molar-refractivity contribution >= 4 is 11.5 Å². The number of ketones is 1. The zero-order valence-corrected chi connectivity index (χ0v) is 13.9. The van der Waals surface area contributed by atoms with Crippen LogP contribution in [0.15, 0.2) is 12.1 Å². The van der Waals surface area contributed by atoms with Gasteiger partial charge < -0.3 is 15.4 Å². The topological polar surface area (TPSA) is 50.4 Å². The van der Waals surface area contributed by atoms with Crippen molar-refractivity contribution < 1.29 is 9.53 Å². The van der Waals surface area contributed by atoms with Gasteiger partial charge in [-0.25, -0.2) is 0 Å². The lowest BCUT2D eigenvalue weighted by atomic mass is 9.82. The second-order valence-corrected chi connectivity index (χ2v) is 7.45. The van der Waals surface area contributed by atoms with Crippen molar-refractivity contribution in [3.63, 3.8) is 0 Å². The molecule has 4 heteroatoms. The van der Waals surface area contributed by atoms with E-state index < -0.39 is 0 Å². The summed E-state index contributed by atoms with van der Waals surface area (Å²) >= 11 is 0. The summed E-state index contributed by atoms with van der Waals surface area (Å²) in [5.74, 6) is 1.05. The van der Waals surface area contributed by atoms with Gasteiger partial charge in [0.25, 0.3) is 0 Å². The van der Waals surface area contributed by atoms with Gasteiger partial charge in [-0.1, -0.05) is 12.8 Å². The maximum atomic E-state index is 12.8. The second kappa shape index (κ2) is 5.82. The molecular formula is C19H26N2O2. The van der Waals surface area contributed by atoms with Crippen LogP contribution in [0.5, 0.6) is 5.75 Å². The third kappa shape index (κ3) is 2.85. The molecule has 1 aromatic carbocycles. The minimum absolute atomic E-state index is 0.242. The highest BCUT2D eigenvalue weighted by Gasteiger charge is 2.42. The van der Waals surface area contributed by atoms with Gasteiger partial charge in [-0.05, 0) is 50.6 Å². The van der Waals surface area contributed by atoms with Gasteiger partial charge in [-0.3, -0.25) is 4.79 Å².